The SMILES string of the molecule is C[C@@H]1N=C[C@]23CC[C@@H]4[C@@H](CC=C5C[C@@H](N)CC[C@@]54C)[C@@H]2CC[C@H]13. The molecule has 0 aromatic rings. The monoisotopic (exact) mass is 312 g/mol. The zero-order valence-electron chi connectivity index (χ0n) is 14.8. The molecule has 0 aromatic carbocycles. The highest BCUT2D eigenvalue weighted by Crippen LogP contribution is 2.67. The number of allylic oxidation sites excluding steroid dienone is 1. The molecule has 8 atom stereocenters. The molecule has 2 N–H and O–H groups in total. The molecule has 2 heteroatoms. The molecule has 0 unspecified atom stereocenters. The molecule has 3 saturated carbocycles. The van der Waals surface area contributed by atoms with Crippen LogP contribution in [0.5, 0.6) is 0 Å². The van der Waals surface area contributed by atoms with Gasteiger partial charge in [-0.15, -0.1) is 0 Å². The molecule has 4 aliphatic carbocycles. The van der Waals surface area contributed by atoms with Gasteiger partial charge in [-0.25, -0.2) is 0 Å². The van der Waals surface area contributed by atoms with Crippen molar-refractivity contribution >= 4 is 6.21 Å². The number of nitrogens with zero attached hydrogens (tertiary/aromatic N) is 1. The van der Waals surface area contributed by atoms with Gasteiger partial charge in [0.05, 0.1) is 6.04 Å². The molecule has 0 bridgehead atoms. The lowest BCUT2D eigenvalue weighted by Gasteiger charge is -2.57. The van der Waals surface area contributed by atoms with E-state index in [0.29, 0.717) is 22.9 Å². The predicted octanol–water partition coefficient (Wildman–Crippen LogP) is 4.35. The Morgan fingerprint density at radius 2 is 1.91 bits per heavy atom. The van der Waals surface area contributed by atoms with E-state index in [0.717, 1.165) is 30.1 Å². The molecular formula is C21H32N2. The third-order valence-electron chi connectivity index (χ3n) is 8.93. The van der Waals surface area contributed by atoms with Gasteiger partial charge in [0.15, 0.2) is 0 Å². The summed E-state index contributed by atoms with van der Waals surface area (Å²) in [6.45, 7) is 4.93. The minimum Gasteiger partial charge on any atom is -0.327 e. The summed E-state index contributed by atoms with van der Waals surface area (Å²) in [5.41, 5.74) is 8.94. The maximum Gasteiger partial charge on any atom is 0.0504 e. The van der Waals surface area contributed by atoms with Crippen LogP contribution in [0.25, 0.3) is 0 Å². The quantitative estimate of drug-likeness (QED) is 0.664. The van der Waals surface area contributed by atoms with Crippen LogP contribution >= 0.6 is 0 Å². The molecular weight excluding hydrogens is 280 g/mol. The number of hydrogen-bond acceptors (Lipinski definition) is 2. The highest BCUT2D eigenvalue weighted by Gasteiger charge is 2.61. The van der Waals surface area contributed by atoms with Crippen molar-refractivity contribution in [3.05, 3.63) is 11.6 Å². The molecule has 23 heavy (non-hydrogen) atoms. The number of rotatable bonds is 0. The van der Waals surface area contributed by atoms with Crippen LogP contribution in [0.1, 0.15) is 65.2 Å². The molecule has 3 fully saturated rings. The number of fused-ring (bicyclic) bond motifs is 4. The molecule has 0 aromatic heterocycles. The third kappa shape index (κ3) is 1.77. The van der Waals surface area contributed by atoms with Crippen LogP contribution < -0.4 is 5.73 Å². The van der Waals surface area contributed by atoms with Gasteiger partial charge in [-0.2, -0.15) is 0 Å². The Hall–Kier alpha value is -0.630. The fourth-order valence-electron chi connectivity index (χ4n) is 7.76. The zero-order valence-corrected chi connectivity index (χ0v) is 14.8. The molecule has 2 nitrogen and oxygen atoms in total. The maximum absolute atomic E-state index is 6.28. The van der Waals surface area contributed by atoms with Crippen molar-refractivity contribution in [2.24, 2.45) is 45.2 Å². The van der Waals surface area contributed by atoms with E-state index in [1.807, 2.05) is 0 Å². The first kappa shape index (κ1) is 14.7. The molecule has 0 amide bonds. The van der Waals surface area contributed by atoms with Crippen molar-refractivity contribution in [2.45, 2.75) is 77.3 Å². The van der Waals surface area contributed by atoms with E-state index < -0.39 is 0 Å². The van der Waals surface area contributed by atoms with Crippen LogP contribution in [0.4, 0.5) is 0 Å². The summed E-state index contributed by atoms with van der Waals surface area (Å²) in [6.07, 6.45) is 15.8. The van der Waals surface area contributed by atoms with E-state index in [1.165, 1.54) is 44.9 Å². The van der Waals surface area contributed by atoms with Crippen molar-refractivity contribution in [1.29, 1.82) is 0 Å². The first-order chi connectivity index (χ1) is 11.0. The highest BCUT2D eigenvalue weighted by atomic mass is 14.9. The summed E-state index contributed by atoms with van der Waals surface area (Å²) in [4.78, 5) is 4.89. The van der Waals surface area contributed by atoms with Gasteiger partial charge >= 0.3 is 0 Å². The van der Waals surface area contributed by atoms with Gasteiger partial charge in [0, 0.05) is 17.7 Å². The average Bonchev–Trinajstić information content (AvgIpc) is 3.06. The fourth-order valence-corrected chi connectivity index (χ4v) is 7.76. The van der Waals surface area contributed by atoms with Crippen molar-refractivity contribution in [3.63, 3.8) is 0 Å². The second-order valence-electron chi connectivity index (χ2n) is 9.62. The second-order valence-corrected chi connectivity index (χ2v) is 9.62. The molecule has 0 saturated heterocycles. The normalized spacial score (nSPS) is 57.3. The van der Waals surface area contributed by atoms with E-state index in [-0.39, 0.29) is 0 Å². The molecule has 5 aliphatic rings. The summed E-state index contributed by atoms with van der Waals surface area (Å²) in [5.74, 6) is 3.58. The number of aliphatic imine (C=N–C) groups is 1. The Labute approximate surface area is 141 Å². The molecule has 0 radical (unpaired) electrons. The van der Waals surface area contributed by atoms with E-state index in [1.54, 1.807) is 5.57 Å². The lowest BCUT2D eigenvalue weighted by atomic mass is 9.47. The molecule has 126 valence electrons. The third-order valence-corrected chi connectivity index (χ3v) is 8.93. The highest BCUT2D eigenvalue weighted by molar-refractivity contribution is 5.71. The average molecular weight is 313 g/mol. The zero-order chi connectivity index (χ0) is 15.8. The van der Waals surface area contributed by atoms with Gasteiger partial charge in [0.25, 0.3) is 0 Å². The Balaban J connectivity index is 1.51. The van der Waals surface area contributed by atoms with E-state index in [4.69, 9.17) is 10.7 Å². The smallest absolute Gasteiger partial charge is 0.0504 e. The molecule has 5 rings (SSSR count). The van der Waals surface area contributed by atoms with E-state index in [2.05, 4.69) is 26.1 Å². The summed E-state index contributed by atoms with van der Waals surface area (Å²) in [5, 5.41) is 0. The summed E-state index contributed by atoms with van der Waals surface area (Å²) >= 11 is 0. The van der Waals surface area contributed by atoms with E-state index in [9.17, 15) is 0 Å². The van der Waals surface area contributed by atoms with Gasteiger partial charge in [0.1, 0.15) is 0 Å². The predicted molar refractivity (Wildman–Crippen MR) is 95.4 cm³/mol. The van der Waals surface area contributed by atoms with Crippen LogP contribution in [0.3, 0.4) is 0 Å². The maximum atomic E-state index is 6.28. The lowest BCUT2D eigenvalue weighted by molar-refractivity contribution is -0.0148. The Morgan fingerprint density at radius 1 is 1.09 bits per heavy atom. The van der Waals surface area contributed by atoms with Crippen LogP contribution in [0.15, 0.2) is 16.6 Å². The standard InChI is InChI=1S/C21H32N2/c1-13-17-5-6-19-16-4-3-14-11-15(22)7-9-20(14,2)18(16)8-10-21(17,19)12-23-13/h3,12-13,15-19H,4-11,22H2,1-2H3/t13-,15-,16+,17+,18+,19-,20-,21-/m0/s1. The molecule has 1 spiro atoms. The first-order valence-electron chi connectivity index (χ1n) is 10.0. The Bertz CT molecular complexity index is 578. The minimum atomic E-state index is 0.416. The molecule has 1 aliphatic heterocycles. The van der Waals surface area contributed by atoms with Gasteiger partial charge in [-0.05, 0) is 87.4 Å². The Kier molecular flexibility index (Phi) is 3.01. The second kappa shape index (κ2) is 4.71. The summed E-state index contributed by atoms with van der Waals surface area (Å²) in [7, 11) is 0. The van der Waals surface area contributed by atoms with Crippen molar-refractivity contribution < 1.29 is 0 Å². The van der Waals surface area contributed by atoms with Crippen LogP contribution in [-0.2, 0) is 0 Å². The van der Waals surface area contributed by atoms with E-state index >= 15 is 0 Å². The summed E-state index contributed by atoms with van der Waals surface area (Å²) < 4.78 is 0. The van der Waals surface area contributed by atoms with Gasteiger partial charge in [0.2, 0.25) is 0 Å². The van der Waals surface area contributed by atoms with Crippen molar-refractivity contribution in [3.8, 4) is 0 Å². The van der Waals surface area contributed by atoms with Crippen LogP contribution in [-0.4, -0.2) is 18.3 Å². The fraction of sp³-hybridized carbons (Fsp3) is 0.857. The van der Waals surface area contributed by atoms with Gasteiger partial charge in [-0.3, -0.25) is 4.99 Å². The number of hydrogen-bond donors (Lipinski definition) is 1. The van der Waals surface area contributed by atoms with Crippen molar-refractivity contribution in [2.75, 3.05) is 0 Å². The molecule has 1 heterocycles. The van der Waals surface area contributed by atoms with Crippen LogP contribution in [0, 0.1) is 34.5 Å². The Morgan fingerprint density at radius 3 is 2.78 bits per heavy atom. The van der Waals surface area contributed by atoms with Crippen molar-refractivity contribution in [1.82, 2.24) is 0 Å². The number of nitrogens with two attached hydrogens (primary N) is 1. The van der Waals surface area contributed by atoms with Gasteiger partial charge < -0.3 is 5.73 Å². The largest absolute Gasteiger partial charge is 0.327 e. The minimum absolute atomic E-state index is 0.416. The first-order valence-corrected chi connectivity index (χ1v) is 10.0. The lowest BCUT2D eigenvalue weighted by Crippen LogP contribution is -2.51. The topological polar surface area (TPSA) is 38.4 Å². The summed E-state index contributed by atoms with van der Waals surface area (Å²) in [6, 6.07) is 0.994. The van der Waals surface area contributed by atoms with Crippen LogP contribution in [0.2, 0.25) is 0 Å². The van der Waals surface area contributed by atoms with Gasteiger partial charge in [-0.1, -0.05) is 18.6 Å².